The van der Waals surface area contributed by atoms with Crippen LogP contribution in [0.25, 0.3) is 0 Å². The SMILES string of the molecule is CCCCCC1CC=C[C@@H](O)CCCC(=O)O1. The van der Waals surface area contributed by atoms with Gasteiger partial charge in [0.15, 0.2) is 0 Å². The van der Waals surface area contributed by atoms with Crippen molar-refractivity contribution in [2.45, 2.75) is 70.5 Å². The summed E-state index contributed by atoms with van der Waals surface area (Å²) in [7, 11) is 0. The average Bonchev–Trinajstić information content (AvgIpc) is 2.28. The molecule has 0 fully saturated rings. The molecular weight excluding hydrogens is 216 g/mol. The average molecular weight is 240 g/mol. The molecular formula is C14H24O3. The highest BCUT2D eigenvalue weighted by Crippen LogP contribution is 2.15. The standard InChI is InChI=1S/C14H24O3/c1-2-3-4-9-13-10-5-7-12(15)8-6-11-14(16)17-13/h5,7,12-13,15H,2-4,6,8-11H2,1H3/t12-,13?/m1/s1. The van der Waals surface area contributed by atoms with E-state index in [2.05, 4.69) is 6.92 Å². The summed E-state index contributed by atoms with van der Waals surface area (Å²) in [5, 5.41) is 9.58. The molecule has 0 spiro atoms. The normalized spacial score (nSPS) is 26.6. The van der Waals surface area contributed by atoms with Crippen molar-refractivity contribution in [3.63, 3.8) is 0 Å². The van der Waals surface area contributed by atoms with Gasteiger partial charge in [0.2, 0.25) is 0 Å². The van der Waals surface area contributed by atoms with E-state index < -0.39 is 6.10 Å². The number of ether oxygens (including phenoxy) is 1. The zero-order valence-electron chi connectivity index (χ0n) is 10.7. The topological polar surface area (TPSA) is 46.5 Å². The molecule has 3 nitrogen and oxygen atoms in total. The first kappa shape index (κ1) is 14.2. The maximum Gasteiger partial charge on any atom is 0.306 e. The summed E-state index contributed by atoms with van der Waals surface area (Å²) in [4.78, 5) is 11.5. The Labute approximate surface area is 104 Å². The minimum atomic E-state index is -0.405. The smallest absolute Gasteiger partial charge is 0.306 e. The fourth-order valence-corrected chi connectivity index (χ4v) is 2.03. The molecule has 0 saturated carbocycles. The molecule has 17 heavy (non-hydrogen) atoms. The van der Waals surface area contributed by atoms with Crippen molar-refractivity contribution in [2.75, 3.05) is 0 Å². The van der Waals surface area contributed by atoms with Crippen LogP contribution in [0.3, 0.4) is 0 Å². The molecule has 1 unspecified atom stereocenters. The Bertz CT molecular complexity index is 248. The van der Waals surface area contributed by atoms with Gasteiger partial charge in [-0.1, -0.05) is 31.9 Å². The van der Waals surface area contributed by atoms with E-state index in [0.29, 0.717) is 19.3 Å². The predicted molar refractivity (Wildman–Crippen MR) is 67.6 cm³/mol. The molecule has 0 amide bonds. The number of aliphatic hydroxyl groups excluding tert-OH is 1. The highest BCUT2D eigenvalue weighted by atomic mass is 16.5. The van der Waals surface area contributed by atoms with E-state index in [1.807, 2.05) is 12.2 Å². The van der Waals surface area contributed by atoms with Crippen molar-refractivity contribution in [2.24, 2.45) is 0 Å². The Balaban J connectivity index is 2.44. The van der Waals surface area contributed by atoms with E-state index in [4.69, 9.17) is 4.74 Å². The summed E-state index contributed by atoms with van der Waals surface area (Å²) in [5.41, 5.74) is 0. The number of esters is 1. The number of carbonyl (C=O) groups excluding carboxylic acids is 1. The fourth-order valence-electron chi connectivity index (χ4n) is 2.03. The van der Waals surface area contributed by atoms with Gasteiger partial charge in [-0.15, -0.1) is 0 Å². The summed E-state index contributed by atoms with van der Waals surface area (Å²) in [6, 6.07) is 0. The molecule has 0 aromatic heterocycles. The third-order valence-electron chi connectivity index (χ3n) is 3.07. The molecule has 1 N–H and O–H groups in total. The van der Waals surface area contributed by atoms with E-state index >= 15 is 0 Å². The number of aliphatic hydroxyl groups is 1. The first-order valence-electron chi connectivity index (χ1n) is 6.76. The van der Waals surface area contributed by atoms with Crippen LogP contribution in [0.1, 0.15) is 58.3 Å². The van der Waals surface area contributed by atoms with Gasteiger partial charge in [-0.25, -0.2) is 0 Å². The zero-order chi connectivity index (χ0) is 12.5. The number of rotatable bonds is 4. The Morgan fingerprint density at radius 1 is 1.47 bits per heavy atom. The van der Waals surface area contributed by atoms with E-state index in [0.717, 1.165) is 19.3 Å². The Hall–Kier alpha value is -0.830. The van der Waals surface area contributed by atoms with Crippen molar-refractivity contribution in [3.05, 3.63) is 12.2 Å². The maximum atomic E-state index is 11.5. The Morgan fingerprint density at radius 2 is 2.29 bits per heavy atom. The van der Waals surface area contributed by atoms with Crippen LogP contribution in [0.2, 0.25) is 0 Å². The lowest BCUT2D eigenvalue weighted by molar-refractivity contribution is -0.149. The predicted octanol–water partition coefficient (Wildman–Crippen LogP) is 2.97. The number of hydrogen-bond donors (Lipinski definition) is 1. The van der Waals surface area contributed by atoms with Crippen LogP contribution in [-0.4, -0.2) is 23.3 Å². The van der Waals surface area contributed by atoms with E-state index in [1.54, 1.807) is 0 Å². The third kappa shape index (κ3) is 6.47. The number of carbonyl (C=O) groups is 1. The van der Waals surface area contributed by atoms with Gasteiger partial charge in [0.25, 0.3) is 0 Å². The molecule has 0 aromatic rings. The van der Waals surface area contributed by atoms with Crippen LogP contribution < -0.4 is 0 Å². The van der Waals surface area contributed by atoms with Crippen molar-refractivity contribution in [3.8, 4) is 0 Å². The molecule has 1 heterocycles. The molecule has 1 rings (SSSR count). The highest BCUT2D eigenvalue weighted by Gasteiger charge is 2.15. The van der Waals surface area contributed by atoms with Crippen LogP contribution in [-0.2, 0) is 9.53 Å². The summed E-state index contributed by atoms with van der Waals surface area (Å²) in [5.74, 6) is -0.117. The lowest BCUT2D eigenvalue weighted by Crippen LogP contribution is -2.19. The van der Waals surface area contributed by atoms with Crippen molar-refractivity contribution < 1.29 is 14.6 Å². The molecule has 1 aliphatic heterocycles. The van der Waals surface area contributed by atoms with Gasteiger partial charge in [0, 0.05) is 12.8 Å². The van der Waals surface area contributed by atoms with Gasteiger partial charge in [0.1, 0.15) is 6.10 Å². The number of hydrogen-bond acceptors (Lipinski definition) is 3. The summed E-state index contributed by atoms with van der Waals surface area (Å²) < 4.78 is 5.44. The first-order valence-corrected chi connectivity index (χ1v) is 6.76. The maximum absolute atomic E-state index is 11.5. The largest absolute Gasteiger partial charge is 0.462 e. The van der Waals surface area contributed by atoms with E-state index in [-0.39, 0.29) is 12.1 Å². The molecule has 98 valence electrons. The van der Waals surface area contributed by atoms with Crippen LogP contribution in [0, 0.1) is 0 Å². The molecule has 2 atom stereocenters. The second-order valence-electron chi connectivity index (χ2n) is 4.73. The third-order valence-corrected chi connectivity index (χ3v) is 3.07. The fraction of sp³-hybridized carbons (Fsp3) is 0.786. The van der Waals surface area contributed by atoms with Crippen LogP contribution in [0.5, 0.6) is 0 Å². The summed E-state index contributed by atoms with van der Waals surface area (Å²) in [6.07, 6.45) is 10.2. The molecule has 0 saturated heterocycles. The molecule has 0 radical (unpaired) electrons. The van der Waals surface area contributed by atoms with Gasteiger partial charge >= 0.3 is 5.97 Å². The summed E-state index contributed by atoms with van der Waals surface area (Å²) >= 11 is 0. The van der Waals surface area contributed by atoms with Gasteiger partial charge in [-0.05, 0) is 25.7 Å². The van der Waals surface area contributed by atoms with Gasteiger partial charge < -0.3 is 9.84 Å². The van der Waals surface area contributed by atoms with Gasteiger partial charge in [-0.3, -0.25) is 4.79 Å². The Morgan fingerprint density at radius 3 is 3.06 bits per heavy atom. The van der Waals surface area contributed by atoms with Gasteiger partial charge in [-0.2, -0.15) is 0 Å². The zero-order valence-corrected chi connectivity index (χ0v) is 10.7. The molecule has 1 aliphatic rings. The monoisotopic (exact) mass is 240 g/mol. The quantitative estimate of drug-likeness (QED) is 0.467. The van der Waals surface area contributed by atoms with Crippen molar-refractivity contribution in [1.82, 2.24) is 0 Å². The molecule has 3 heteroatoms. The number of unbranched alkanes of at least 4 members (excludes halogenated alkanes) is 2. The van der Waals surface area contributed by atoms with Crippen LogP contribution in [0.15, 0.2) is 12.2 Å². The molecule has 0 aromatic carbocycles. The minimum Gasteiger partial charge on any atom is -0.462 e. The lowest BCUT2D eigenvalue weighted by Gasteiger charge is -2.18. The van der Waals surface area contributed by atoms with Crippen molar-refractivity contribution in [1.29, 1.82) is 0 Å². The van der Waals surface area contributed by atoms with E-state index in [1.165, 1.54) is 12.8 Å². The van der Waals surface area contributed by atoms with E-state index in [9.17, 15) is 9.90 Å². The second-order valence-corrected chi connectivity index (χ2v) is 4.73. The van der Waals surface area contributed by atoms with Crippen LogP contribution >= 0.6 is 0 Å². The van der Waals surface area contributed by atoms with Crippen LogP contribution in [0.4, 0.5) is 0 Å². The first-order chi connectivity index (χ1) is 8.22. The van der Waals surface area contributed by atoms with Gasteiger partial charge in [0.05, 0.1) is 6.10 Å². The molecule has 0 bridgehead atoms. The highest BCUT2D eigenvalue weighted by molar-refractivity contribution is 5.69. The number of cyclic esters (lactones) is 1. The van der Waals surface area contributed by atoms with Crippen molar-refractivity contribution >= 4 is 5.97 Å². The molecule has 0 aliphatic carbocycles. The summed E-state index contributed by atoms with van der Waals surface area (Å²) in [6.45, 7) is 2.16. The second kappa shape index (κ2) is 8.29. The Kier molecular flexibility index (Phi) is 6.94. The lowest BCUT2D eigenvalue weighted by atomic mass is 10.1. The minimum absolute atomic E-state index is 0.00407.